The molecule has 0 aromatic heterocycles. The zero-order chi connectivity index (χ0) is 44.6. The Hall–Kier alpha value is -4.57. The van der Waals surface area contributed by atoms with E-state index >= 15 is 0 Å². The molecule has 2 aromatic rings. The van der Waals surface area contributed by atoms with Crippen LogP contribution in [0.3, 0.4) is 0 Å². The van der Waals surface area contributed by atoms with E-state index < -0.39 is 24.2 Å². The Balaban J connectivity index is 1.34. The maximum absolute atomic E-state index is 12.9. The number of benzene rings is 2. The lowest BCUT2D eigenvalue weighted by atomic mass is 9.70. The lowest BCUT2D eigenvalue weighted by molar-refractivity contribution is -0.117. The van der Waals surface area contributed by atoms with Crippen LogP contribution in [0.25, 0.3) is 0 Å². The minimum absolute atomic E-state index is 0.0476. The first-order valence-corrected chi connectivity index (χ1v) is 33.1. The summed E-state index contributed by atoms with van der Waals surface area (Å²) in [6.45, 7) is 14.8. The quantitative estimate of drug-likeness (QED) is 0.0430. The molecule has 3 aliphatic carbocycles. The van der Waals surface area contributed by atoms with Gasteiger partial charge in [0.05, 0.1) is 40.9 Å². The zero-order valence-electron chi connectivity index (χ0n) is 37.8. The third-order valence-electron chi connectivity index (χ3n) is 12.3. The number of carbonyl (C=O) groups is 3. The fourth-order valence-electron chi connectivity index (χ4n) is 8.26. The topological polar surface area (TPSA) is 96.5 Å². The monoisotopic (exact) mass is 901 g/mol. The molecule has 2 aromatic carbocycles. The molecule has 62 heavy (non-hydrogen) atoms. The Morgan fingerprint density at radius 1 is 0.565 bits per heavy atom. The van der Waals surface area contributed by atoms with Gasteiger partial charge >= 0.3 is 0 Å². The van der Waals surface area contributed by atoms with Crippen molar-refractivity contribution in [3.8, 4) is 5.75 Å². The number of rotatable bonds is 26. The smallest absolute Gasteiger partial charge is 0.258 e. The van der Waals surface area contributed by atoms with E-state index in [9.17, 15) is 14.4 Å². The highest BCUT2D eigenvalue weighted by molar-refractivity contribution is 7.79. The van der Waals surface area contributed by atoms with E-state index in [-0.39, 0.29) is 23.1 Å². The molecule has 7 nitrogen and oxygen atoms in total. The standard InChI is InChI=1S/C51H67N3O4SSi3/c1-60(2,38-52-48(55)43-16-7-8-17-43)33-13-30-51(31-14-34-61(3,4)39-53-49(56)44-18-9-10-19-44,32-15-35-62(5,6)40-54-50(57)45-20-11-12-21-45)46-26-28-47(29-27-46)58-36-41-22-24-42(37-59)25-23-41/h7-12,16,18,20,22-29,59H,13-15,30-40H2,1-6H3,(H,52,55)(H,53,56)(H,54,57). The van der Waals surface area contributed by atoms with Crippen LogP contribution in [0.5, 0.6) is 5.75 Å². The molecule has 0 aliphatic heterocycles. The van der Waals surface area contributed by atoms with E-state index in [1.807, 2.05) is 36.5 Å². The number of ether oxygens (including phenoxy) is 1. The van der Waals surface area contributed by atoms with Crippen LogP contribution < -0.4 is 20.7 Å². The van der Waals surface area contributed by atoms with Gasteiger partial charge in [-0.2, -0.15) is 12.6 Å². The molecule has 0 atom stereocenters. The summed E-state index contributed by atoms with van der Waals surface area (Å²) in [5, 5.41) is 9.66. The van der Waals surface area contributed by atoms with E-state index in [0.29, 0.717) is 29.1 Å². The van der Waals surface area contributed by atoms with Crippen LogP contribution in [0.4, 0.5) is 0 Å². The molecule has 0 spiro atoms. The normalized spacial score (nSPS) is 14.3. The van der Waals surface area contributed by atoms with E-state index in [1.165, 1.54) is 11.1 Å². The van der Waals surface area contributed by atoms with E-state index in [4.69, 9.17) is 4.74 Å². The van der Waals surface area contributed by atoms with Crippen molar-refractivity contribution in [1.29, 1.82) is 0 Å². The van der Waals surface area contributed by atoms with Crippen LogP contribution in [0, 0.1) is 0 Å². The van der Waals surface area contributed by atoms with E-state index in [0.717, 1.165) is 86.5 Å². The number of allylic oxidation sites excluding steroid dienone is 3. The molecule has 3 amide bonds. The fourth-order valence-corrected chi connectivity index (χ4v) is 14.3. The highest BCUT2D eigenvalue weighted by atomic mass is 32.1. The first-order chi connectivity index (χ1) is 29.6. The summed E-state index contributed by atoms with van der Waals surface area (Å²) in [5.41, 5.74) is 14.5. The summed E-state index contributed by atoms with van der Waals surface area (Å²) in [7, 11) is -5.37. The number of hydrogen-bond acceptors (Lipinski definition) is 5. The van der Waals surface area contributed by atoms with Crippen LogP contribution in [-0.4, -0.2) is 60.4 Å². The molecular weight excluding hydrogens is 835 g/mol. The van der Waals surface area contributed by atoms with E-state index in [1.54, 1.807) is 18.2 Å². The predicted molar refractivity (Wildman–Crippen MR) is 267 cm³/mol. The van der Waals surface area contributed by atoms with Gasteiger partial charge in [0.25, 0.3) is 17.7 Å². The molecular formula is C51H67N3O4SSi3. The molecule has 328 valence electrons. The summed E-state index contributed by atoms with van der Waals surface area (Å²) in [6.07, 6.45) is 24.9. The van der Waals surface area contributed by atoms with Gasteiger partial charge in [-0.1, -0.05) is 131 Å². The van der Waals surface area contributed by atoms with Gasteiger partial charge in [0.2, 0.25) is 0 Å². The van der Waals surface area contributed by atoms with Crippen LogP contribution in [0.15, 0.2) is 137 Å². The number of amides is 3. The molecule has 11 heteroatoms. The second-order valence-corrected chi connectivity index (χ2v) is 35.3. The van der Waals surface area contributed by atoms with Gasteiger partial charge < -0.3 is 20.7 Å². The van der Waals surface area contributed by atoms with Crippen molar-refractivity contribution in [3.63, 3.8) is 0 Å². The van der Waals surface area contributed by atoms with Gasteiger partial charge in [0.1, 0.15) is 12.4 Å². The number of nitrogens with one attached hydrogen (secondary N) is 3. The summed E-state index contributed by atoms with van der Waals surface area (Å²) < 4.78 is 6.32. The van der Waals surface area contributed by atoms with Gasteiger partial charge in [0.15, 0.2) is 0 Å². The SMILES string of the molecule is C[Si](C)(CCCC(CCC[Si](C)(C)CNC(=O)C1=C=CC=C1)(CCC[Si](C)(C)CNC(=O)C1=C=CC=C1)c1ccc(OCc2ccc(CS)cc2)cc1)CNC(=O)C1=C=CC=C1. The van der Waals surface area contributed by atoms with Crippen molar-refractivity contribution in [2.75, 3.05) is 18.5 Å². The predicted octanol–water partition coefficient (Wildman–Crippen LogP) is 10.3. The van der Waals surface area contributed by atoms with Crippen molar-refractivity contribution >= 4 is 54.6 Å². The zero-order valence-corrected chi connectivity index (χ0v) is 41.7. The number of carbonyl (C=O) groups excluding carboxylic acids is 3. The molecule has 0 radical (unpaired) electrons. The van der Waals surface area contributed by atoms with Crippen LogP contribution >= 0.6 is 12.6 Å². The van der Waals surface area contributed by atoms with Gasteiger partial charge in [-0.15, -0.1) is 17.2 Å². The van der Waals surface area contributed by atoms with Crippen LogP contribution in [-0.2, 0) is 32.2 Å². The van der Waals surface area contributed by atoms with Crippen molar-refractivity contribution in [2.45, 2.75) is 114 Å². The molecule has 3 aliphatic rings. The maximum Gasteiger partial charge on any atom is 0.258 e. The molecule has 0 saturated carbocycles. The minimum atomic E-state index is -1.79. The summed E-state index contributed by atoms with van der Waals surface area (Å²) in [5.74, 6) is 1.42. The fraction of sp³-hybridized carbons (Fsp3) is 0.412. The molecule has 0 fully saturated rings. The van der Waals surface area contributed by atoms with Crippen molar-refractivity contribution in [3.05, 3.63) is 154 Å². The second-order valence-electron chi connectivity index (χ2n) is 19.4. The Bertz CT molecular complexity index is 2040. The average Bonchev–Trinajstić information content (AvgIpc) is 4.09. The first kappa shape index (κ1) is 48.5. The Morgan fingerprint density at radius 2 is 0.935 bits per heavy atom. The lowest BCUT2D eigenvalue weighted by Gasteiger charge is -2.38. The summed E-state index contributed by atoms with van der Waals surface area (Å²) >= 11 is 4.40. The average molecular weight is 902 g/mol. The number of hydrogen-bond donors (Lipinski definition) is 4. The Kier molecular flexibility index (Phi) is 17.7. The van der Waals surface area contributed by atoms with E-state index in [2.05, 4.69) is 134 Å². The molecule has 0 bridgehead atoms. The van der Waals surface area contributed by atoms with Gasteiger partial charge in [-0.05, 0) is 90.0 Å². The first-order valence-electron chi connectivity index (χ1n) is 22.2. The highest BCUT2D eigenvalue weighted by Gasteiger charge is 2.35. The molecule has 3 N–H and O–H groups in total. The van der Waals surface area contributed by atoms with Crippen molar-refractivity contribution in [2.24, 2.45) is 0 Å². The highest BCUT2D eigenvalue weighted by Crippen LogP contribution is 2.42. The molecule has 5 rings (SSSR count). The molecule has 0 saturated heterocycles. The van der Waals surface area contributed by atoms with Gasteiger partial charge in [-0.25, -0.2) is 0 Å². The minimum Gasteiger partial charge on any atom is -0.489 e. The Labute approximate surface area is 379 Å². The van der Waals surface area contributed by atoms with Crippen molar-refractivity contribution in [1.82, 2.24) is 16.0 Å². The largest absolute Gasteiger partial charge is 0.489 e. The lowest BCUT2D eigenvalue weighted by Crippen LogP contribution is -2.43. The third-order valence-corrected chi connectivity index (χ3v) is 21.2. The van der Waals surface area contributed by atoms with Crippen LogP contribution in [0.2, 0.25) is 57.4 Å². The van der Waals surface area contributed by atoms with Gasteiger partial charge in [0, 0.05) is 24.3 Å². The second kappa shape index (κ2) is 22.7. The van der Waals surface area contributed by atoms with Crippen molar-refractivity contribution < 1.29 is 19.1 Å². The third kappa shape index (κ3) is 15.4. The Morgan fingerprint density at radius 3 is 1.27 bits per heavy atom. The number of thiol groups is 1. The van der Waals surface area contributed by atoms with Gasteiger partial charge in [-0.3, -0.25) is 14.4 Å². The summed E-state index contributed by atoms with van der Waals surface area (Å²) in [4.78, 5) is 38.6. The van der Waals surface area contributed by atoms with Crippen LogP contribution in [0.1, 0.15) is 55.2 Å². The summed E-state index contributed by atoms with van der Waals surface area (Å²) in [6, 6.07) is 20.6. The molecule has 0 unspecified atom stereocenters. The maximum atomic E-state index is 12.9. The molecule has 0 heterocycles.